The number of nitrogens with zero attached hydrogens (tertiary/aromatic N) is 1. The predicted molar refractivity (Wildman–Crippen MR) is 93.7 cm³/mol. The van der Waals surface area contributed by atoms with Gasteiger partial charge in [-0.1, -0.05) is 41.9 Å². The number of carbonyl (C=O) groups excluding carboxylic acids is 1. The maximum absolute atomic E-state index is 11.7. The van der Waals surface area contributed by atoms with Crippen molar-refractivity contribution in [2.75, 3.05) is 0 Å². The zero-order valence-electron chi connectivity index (χ0n) is 13.0. The van der Waals surface area contributed by atoms with E-state index in [2.05, 4.69) is 0 Å². The molecule has 2 aromatic heterocycles. The smallest absolute Gasteiger partial charge is 0.250 e. The topological polar surface area (TPSA) is 56.7 Å². The Hall–Kier alpha value is -2.46. The van der Waals surface area contributed by atoms with Gasteiger partial charge >= 0.3 is 0 Å². The van der Waals surface area contributed by atoms with E-state index in [0.29, 0.717) is 29.0 Å². The third-order valence-electron chi connectivity index (χ3n) is 4.36. The van der Waals surface area contributed by atoms with Crippen LogP contribution >= 0.6 is 11.6 Å². The lowest BCUT2D eigenvalue weighted by Gasteiger charge is -2.12. The second-order valence-corrected chi connectivity index (χ2v) is 6.46. The van der Waals surface area contributed by atoms with Crippen LogP contribution in [0.3, 0.4) is 0 Å². The summed E-state index contributed by atoms with van der Waals surface area (Å²) in [7, 11) is 0. The Balaban J connectivity index is 1.74. The highest BCUT2D eigenvalue weighted by Gasteiger charge is 2.29. The lowest BCUT2D eigenvalue weighted by atomic mass is 10.2. The second kappa shape index (κ2) is 5.87. The Bertz CT molecular complexity index is 914. The molecule has 1 fully saturated rings. The molecule has 1 saturated carbocycles. The first kappa shape index (κ1) is 15.1. The van der Waals surface area contributed by atoms with Crippen LogP contribution < -0.4 is 10.5 Å². The number of hydrogen-bond acceptors (Lipinski definition) is 2. The van der Waals surface area contributed by atoms with E-state index in [0.717, 1.165) is 29.6 Å². The SMILES string of the molecule is NC(=O)c1cc(C2CC2)n2c(Cl)c(OCc3ccccc3)ccc12. The number of halogens is 1. The third-order valence-corrected chi connectivity index (χ3v) is 4.71. The Kier molecular flexibility index (Phi) is 3.69. The van der Waals surface area contributed by atoms with E-state index in [-0.39, 0.29) is 0 Å². The van der Waals surface area contributed by atoms with E-state index < -0.39 is 5.91 Å². The number of primary amides is 1. The first-order chi connectivity index (χ1) is 11.6. The van der Waals surface area contributed by atoms with Gasteiger partial charge in [0.15, 0.2) is 10.9 Å². The number of carbonyl (C=O) groups is 1. The number of amides is 1. The van der Waals surface area contributed by atoms with Crippen LogP contribution in [0.15, 0.2) is 48.5 Å². The molecular formula is C19H17ClN2O2. The van der Waals surface area contributed by atoms with Gasteiger partial charge in [-0.05, 0) is 42.5 Å². The van der Waals surface area contributed by atoms with Crippen LogP contribution in [-0.2, 0) is 6.61 Å². The molecule has 5 heteroatoms. The summed E-state index contributed by atoms with van der Waals surface area (Å²) in [4.78, 5) is 11.7. The van der Waals surface area contributed by atoms with Crippen LogP contribution in [0, 0.1) is 0 Å². The van der Waals surface area contributed by atoms with Crippen molar-refractivity contribution < 1.29 is 9.53 Å². The fourth-order valence-corrected chi connectivity index (χ4v) is 3.29. The van der Waals surface area contributed by atoms with Crippen molar-refractivity contribution >= 4 is 23.0 Å². The summed E-state index contributed by atoms with van der Waals surface area (Å²) < 4.78 is 7.79. The number of nitrogens with two attached hydrogens (primary N) is 1. The van der Waals surface area contributed by atoms with E-state index in [1.54, 1.807) is 6.07 Å². The Morgan fingerprint density at radius 1 is 1.21 bits per heavy atom. The molecule has 1 aliphatic rings. The van der Waals surface area contributed by atoms with Crippen molar-refractivity contribution in [3.8, 4) is 5.75 Å². The normalized spacial score (nSPS) is 14.0. The van der Waals surface area contributed by atoms with Gasteiger partial charge in [-0.25, -0.2) is 0 Å². The van der Waals surface area contributed by atoms with Crippen molar-refractivity contribution in [3.63, 3.8) is 0 Å². The molecular weight excluding hydrogens is 324 g/mol. The Morgan fingerprint density at radius 2 is 1.96 bits per heavy atom. The van der Waals surface area contributed by atoms with Gasteiger partial charge in [0.1, 0.15) is 6.61 Å². The second-order valence-electron chi connectivity index (χ2n) is 6.10. The molecule has 122 valence electrons. The fourth-order valence-electron chi connectivity index (χ4n) is 2.98. The van der Waals surface area contributed by atoms with Crippen molar-refractivity contribution in [2.24, 2.45) is 5.73 Å². The van der Waals surface area contributed by atoms with Crippen LogP contribution in [0.2, 0.25) is 5.15 Å². The minimum Gasteiger partial charge on any atom is -0.486 e. The minimum absolute atomic E-state index is 0.437. The minimum atomic E-state index is -0.437. The summed E-state index contributed by atoms with van der Waals surface area (Å²) in [5.41, 5.74) is 8.86. The molecule has 0 atom stereocenters. The first-order valence-corrected chi connectivity index (χ1v) is 8.33. The highest BCUT2D eigenvalue weighted by molar-refractivity contribution is 6.31. The summed E-state index contributed by atoms with van der Waals surface area (Å²) in [5.74, 6) is 0.599. The summed E-state index contributed by atoms with van der Waals surface area (Å²) in [6, 6.07) is 15.4. The number of aromatic nitrogens is 1. The molecule has 0 bridgehead atoms. The van der Waals surface area contributed by atoms with Crippen molar-refractivity contribution in [1.29, 1.82) is 0 Å². The molecule has 0 saturated heterocycles. The summed E-state index contributed by atoms with van der Waals surface area (Å²) >= 11 is 6.59. The molecule has 3 aromatic rings. The Labute approximate surface area is 144 Å². The molecule has 0 radical (unpaired) electrons. The van der Waals surface area contributed by atoms with E-state index in [9.17, 15) is 4.79 Å². The largest absolute Gasteiger partial charge is 0.486 e. The molecule has 1 aliphatic carbocycles. The highest BCUT2D eigenvalue weighted by atomic mass is 35.5. The maximum Gasteiger partial charge on any atom is 0.250 e. The quantitative estimate of drug-likeness (QED) is 0.709. The highest BCUT2D eigenvalue weighted by Crippen LogP contribution is 2.43. The van der Waals surface area contributed by atoms with Gasteiger partial charge in [0.2, 0.25) is 0 Å². The van der Waals surface area contributed by atoms with Gasteiger partial charge < -0.3 is 14.9 Å². The van der Waals surface area contributed by atoms with E-state index in [1.807, 2.05) is 46.9 Å². The van der Waals surface area contributed by atoms with E-state index in [4.69, 9.17) is 22.1 Å². The molecule has 0 aliphatic heterocycles. The lowest BCUT2D eigenvalue weighted by Crippen LogP contribution is -2.10. The standard InChI is InChI=1S/C19H17ClN2O2/c20-18-17(24-11-12-4-2-1-3-5-12)9-8-15-14(19(21)23)10-16(22(15)18)13-6-7-13/h1-5,8-10,13H,6-7,11H2,(H2,21,23). The summed E-state index contributed by atoms with van der Waals surface area (Å²) in [5, 5.41) is 0.484. The summed E-state index contributed by atoms with van der Waals surface area (Å²) in [6.07, 6.45) is 2.21. The molecule has 24 heavy (non-hydrogen) atoms. The van der Waals surface area contributed by atoms with Gasteiger partial charge in [-0.15, -0.1) is 0 Å². The molecule has 0 unspecified atom stereocenters. The molecule has 1 aromatic carbocycles. The monoisotopic (exact) mass is 340 g/mol. The van der Waals surface area contributed by atoms with Crippen LogP contribution in [0.5, 0.6) is 5.75 Å². The van der Waals surface area contributed by atoms with Crippen molar-refractivity contribution in [1.82, 2.24) is 4.40 Å². The molecule has 2 N–H and O–H groups in total. The molecule has 0 spiro atoms. The van der Waals surface area contributed by atoms with Gasteiger partial charge in [0.05, 0.1) is 11.1 Å². The van der Waals surface area contributed by atoms with Gasteiger partial charge in [0.25, 0.3) is 5.91 Å². The first-order valence-electron chi connectivity index (χ1n) is 7.95. The Morgan fingerprint density at radius 3 is 2.62 bits per heavy atom. The van der Waals surface area contributed by atoms with E-state index >= 15 is 0 Å². The average Bonchev–Trinajstić information content (AvgIpc) is 3.35. The number of benzene rings is 1. The average molecular weight is 341 g/mol. The maximum atomic E-state index is 11.7. The van der Waals surface area contributed by atoms with Gasteiger partial charge in [-0.2, -0.15) is 0 Å². The van der Waals surface area contributed by atoms with Gasteiger partial charge in [0, 0.05) is 5.69 Å². The lowest BCUT2D eigenvalue weighted by molar-refractivity contribution is 0.100. The van der Waals surface area contributed by atoms with Gasteiger partial charge in [-0.3, -0.25) is 4.79 Å². The molecule has 2 heterocycles. The predicted octanol–water partition coefficient (Wildman–Crippen LogP) is 4.15. The van der Waals surface area contributed by atoms with Crippen molar-refractivity contribution in [3.05, 3.63) is 70.5 Å². The number of fused-ring (bicyclic) bond motifs is 1. The van der Waals surface area contributed by atoms with Crippen LogP contribution in [0.1, 0.15) is 40.4 Å². The molecule has 4 rings (SSSR count). The van der Waals surface area contributed by atoms with E-state index in [1.165, 1.54) is 0 Å². The van der Waals surface area contributed by atoms with Crippen LogP contribution in [-0.4, -0.2) is 10.3 Å². The fraction of sp³-hybridized carbons (Fsp3) is 0.211. The third kappa shape index (κ3) is 2.63. The summed E-state index contributed by atoms with van der Waals surface area (Å²) in [6.45, 7) is 0.439. The molecule has 1 amide bonds. The number of pyridine rings is 1. The zero-order valence-corrected chi connectivity index (χ0v) is 13.8. The van der Waals surface area contributed by atoms with Crippen LogP contribution in [0.4, 0.5) is 0 Å². The van der Waals surface area contributed by atoms with Crippen molar-refractivity contribution in [2.45, 2.75) is 25.4 Å². The van der Waals surface area contributed by atoms with Crippen LogP contribution in [0.25, 0.3) is 5.52 Å². The zero-order chi connectivity index (χ0) is 16.7. The number of ether oxygens (including phenoxy) is 1. The number of rotatable bonds is 5. The molecule has 4 nitrogen and oxygen atoms in total. The number of hydrogen-bond donors (Lipinski definition) is 1.